The summed E-state index contributed by atoms with van der Waals surface area (Å²) < 4.78 is 1.79. The van der Waals surface area contributed by atoms with E-state index in [-0.39, 0.29) is 6.10 Å². The fourth-order valence-corrected chi connectivity index (χ4v) is 2.64. The van der Waals surface area contributed by atoms with Crippen molar-refractivity contribution in [3.63, 3.8) is 0 Å². The average Bonchev–Trinajstić information content (AvgIpc) is 2.87. The predicted molar refractivity (Wildman–Crippen MR) is 64.1 cm³/mol. The molecule has 0 aliphatic heterocycles. The zero-order chi connectivity index (χ0) is 11.4. The van der Waals surface area contributed by atoms with Crippen LogP contribution in [-0.2, 0) is 13.5 Å². The molecule has 1 unspecified atom stereocenters. The molecule has 0 spiro atoms. The molecule has 1 atom stereocenters. The van der Waals surface area contributed by atoms with Gasteiger partial charge in [-0.3, -0.25) is 4.68 Å². The van der Waals surface area contributed by atoms with E-state index in [4.69, 9.17) is 0 Å². The van der Waals surface area contributed by atoms with Crippen LogP contribution in [0.4, 0.5) is 0 Å². The predicted octanol–water partition coefficient (Wildman–Crippen LogP) is 2.29. The number of nitrogens with zero attached hydrogens (tertiary/aromatic N) is 2. The number of hydrogen-bond donors (Lipinski definition) is 1. The van der Waals surface area contributed by atoms with Gasteiger partial charge in [-0.25, -0.2) is 0 Å². The van der Waals surface area contributed by atoms with E-state index in [0.29, 0.717) is 6.42 Å². The minimum absolute atomic E-state index is 0.213. The van der Waals surface area contributed by atoms with Crippen molar-refractivity contribution < 1.29 is 5.11 Å². The smallest absolute Gasteiger partial charge is 0.0650 e. The van der Waals surface area contributed by atoms with Gasteiger partial charge < -0.3 is 5.11 Å². The van der Waals surface area contributed by atoms with Crippen molar-refractivity contribution in [2.45, 2.75) is 51.0 Å². The van der Waals surface area contributed by atoms with Crippen LogP contribution in [-0.4, -0.2) is 21.0 Å². The lowest BCUT2D eigenvalue weighted by atomic mass is 9.98. The Morgan fingerprint density at radius 2 is 2.25 bits per heavy atom. The maximum absolute atomic E-state index is 9.92. The molecular formula is C13H22N2O. The summed E-state index contributed by atoms with van der Waals surface area (Å²) in [7, 11) is 1.91. The lowest BCUT2D eigenvalue weighted by molar-refractivity contribution is 0.153. The molecule has 1 saturated carbocycles. The highest BCUT2D eigenvalue weighted by Crippen LogP contribution is 2.29. The number of aromatic nitrogens is 2. The summed E-state index contributed by atoms with van der Waals surface area (Å²) in [6.07, 6.45) is 10.1. The SMILES string of the molecule is Cn1ccc(CC(O)CCC2CCCC2)n1. The molecule has 1 aliphatic carbocycles. The zero-order valence-corrected chi connectivity index (χ0v) is 10.1. The molecule has 0 bridgehead atoms. The average molecular weight is 222 g/mol. The number of rotatable bonds is 5. The Morgan fingerprint density at radius 3 is 2.88 bits per heavy atom. The molecule has 0 amide bonds. The second-order valence-corrected chi connectivity index (χ2v) is 5.07. The molecule has 1 heterocycles. The van der Waals surface area contributed by atoms with Crippen LogP contribution >= 0.6 is 0 Å². The molecule has 0 aromatic carbocycles. The van der Waals surface area contributed by atoms with E-state index in [9.17, 15) is 5.11 Å². The Hall–Kier alpha value is -0.830. The minimum atomic E-state index is -0.213. The van der Waals surface area contributed by atoms with E-state index in [1.165, 1.54) is 32.1 Å². The van der Waals surface area contributed by atoms with Crippen LogP contribution in [0.15, 0.2) is 12.3 Å². The fourth-order valence-electron chi connectivity index (χ4n) is 2.64. The van der Waals surface area contributed by atoms with Gasteiger partial charge in [0.15, 0.2) is 0 Å². The van der Waals surface area contributed by atoms with Crippen LogP contribution in [0.25, 0.3) is 0 Å². The molecule has 1 aromatic heterocycles. The van der Waals surface area contributed by atoms with E-state index in [1.54, 1.807) is 4.68 Å². The van der Waals surface area contributed by atoms with Crippen molar-refractivity contribution in [3.8, 4) is 0 Å². The fraction of sp³-hybridized carbons (Fsp3) is 0.769. The third kappa shape index (κ3) is 3.34. The van der Waals surface area contributed by atoms with E-state index >= 15 is 0 Å². The Labute approximate surface area is 97.5 Å². The minimum Gasteiger partial charge on any atom is -0.393 e. The number of aliphatic hydroxyl groups excluding tert-OH is 1. The summed E-state index contributed by atoms with van der Waals surface area (Å²) in [6.45, 7) is 0. The van der Waals surface area contributed by atoms with E-state index in [0.717, 1.165) is 18.0 Å². The first-order valence-corrected chi connectivity index (χ1v) is 6.40. The van der Waals surface area contributed by atoms with Crippen molar-refractivity contribution in [1.82, 2.24) is 9.78 Å². The van der Waals surface area contributed by atoms with Gasteiger partial charge in [0, 0.05) is 19.7 Å². The highest BCUT2D eigenvalue weighted by Gasteiger charge is 2.16. The first kappa shape index (κ1) is 11.6. The molecule has 0 radical (unpaired) electrons. The van der Waals surface area contributed by atoms with Crippen molar-refractivity contribution in [3.05, 3.63) is 18.0 Å². The van der Waals surface area contributed by atoms with E-state index in [2.05, 4.69) is 5.10 Å². The third-order valence-corrected chi connectivity index (χ3v) is 3.60. The molecule has 1 aromatic rings. The van der Waals surface area contributed by atoms with Crippen LogP contribution in [0, 0.1) is 5.92 Å². The lowest BCUT2D eigenvalue weighted by Gasteiger charge is -2.12. The maximum atomic E-state index is 9.92. The van der Waals surface area contributed by atoms with Crippen LogP contribution in [0.5, 0.6) is 0 Å². The summed E-state index contributed by atoms with van der Waals surface area (Å²) in [4.78, 5) is 0. The summed E-state index contributed by atoms with van der Waals surface area (Å²) in [5.74, 6) is 0.874. The molecular weight excluding hydrogens is 200 g/mol. The highest BCUT2D eigenvalue weighted by molar-refractivity contribution is 5.00. The van der Waals surface area contributed by atoms with E-state index in [1.807, 2.05) is 19.3 Å². The molecule has 1 N–H and O–H groups in total. The Morgan fingerprint density at radius 1 is 1.50 bits per heavy atom. The van der Waals surface area contributed by atoms with Gasteiger partial charge in [-0.2, -0.15) is 5.10 Å². The number of aryl methyl sites for hydroxylation is 1. The number of hydrogen-bond acceptors (Lipinski definition) is 2. The molecule has 2 rings (SSSR count). The van der Waals surface area contributed by atoms with Gasteiger partial charge in [0.25, 0.3) is 0 Å². The van der Waals surface area contributed by atoms with Crippen LogP contribution in [0.1, 0.15) is 44.2 Å². The second kappa shape index (κ2) is 5.48. The Bertz CT molecular complexity index is 315. The van der Waals surface area contributed by atoms with Crippen molar-refractivity contribution >= 4 is 0 Å². The molecule has 3 heteroatoms. The summed E-state index contributed by atoms with van der Waals surface area (Å²) in [6, 6.07) is 1.98. The largest absolute Gasteiger partial charge is 0.393 e. The van der Waals surface area contributed by atoms with Crippen LogP contribution in [0.3, 0.4) is 0 Å². The normalized spacial score (nSPS) is 19.1. The van der Waals surface area contributed by atoms with Crippen LogP contribution < -0.4 is 0 Å². The standard InChI is InChI=1S/C13H22N2O/c1-15-9-8-12(14-15)10-13(16)7-6-11-4-2-3-5-11/h8-9,11,13,16H,2-7,10H2,1H3. The van der Waals surface area contributed by atoms with Crippen molar-refractivity contribution in [2.75, 3.05) is 0 Å². The lowest BCUT2D eigenvalue weighted by Crippen LogP contribution is -2.12. The summed E-state index contributed by atoms with van der Waals surface area (Å²) in [5, 5.41) is 14.2. The first-order chi connectivity index (χ1) is 7.74. The molecule has 1 fully saturated rings. The molecule has 16 heavy (non-hydrogen) atoms. The van der Waals surface area contributed by atoms with Gasteiger partial charge in [0.2, 0.25) is 0 Å². The monoisotopic (exact) mass is 222 g/mol. The molecule has 3 nitrogen and oxygen atoms in total. The quantitative estimate of drug-likeness (QED) is 0.830. The van der Waals surface area contributed by atoms with Gasteiger partial charge in [0.05, 0.1) is 11.8 Å². The highest BCUT2D eigenvalue weighted by atomic mass is 16.3. The van der Waals surface area contributed by atoms with Gasteiger partial charge >= 0.3 is 0 Å². The third-order valence-electron chi connectivity index (χ3n) is 3.60. The topological polar surface area (TPSA) is 38.0 Å². The summed E-state index contributed by atoms with van der Waals surface area (Å²) in [5.41, 5.74) is 1.00. The van der Waals surface area contributed by atoms with Crippen molar-refractivity contribution in [2.24, 2.45) is 13.0 Å². The number of aliphatic hydroxyl groups is 1. The van der Waals surface area contributed by atoms with Gasteiger partial charge in [-0.05, 0) is 24.8 Å². The Kier molecular flexibility index (Phi) is 3.99. The first-order valence-electron chi connectivity index (χ1n) is 6.40. The molecule has 90 valence electrons. The maximum Gasteiger partial charge on any atom is 0.0650 e. The zero-order valence-electron chi connectivity index (χ0n) is 10.1. The van der Waals surface area contributed by atoms with Gasteiger partial charge in [-0.1, -0.05) is 25.7 Å². The Balaban J connectivity index is 1.69. The molecule has 1 aliphatic rings. The van der Waals surface area contributed by atoms with Crippen molar-refractivity contribution in [1.29, 1.82) is 0 Å². The van der Waals surface area contributed by atoms with Gasteiger partial charge in [-0.15, -0.1) is 0 Å². The summed E-state index contributed by atoms with van der Waals surface area (Å²) >= 11 is 0. The molecule has 0 saturated heterocycles. The van der Waals surface area contributed by atoms with Gasteiger partial charge in [0.1, 0.15) is 0 Å². The van der Waals surface area contributed by atoms with Crippen LogP contribution in [0.2, 0.25) is 0 Å². The van der Waals surface area contributed by atoms with E-state index < -0.39 is 0 Å². The second-order valence-electron chi connectivity index (χ2n) is 5.07.